The topological polar surface area (TPSA) is 97.2 Å². The van der Waals surface area contributed by atoms with E-state index >= 15 is 0 Å². The van der Waals surface area contributed by atoms with Crippen molar-refractivity contribution in [1.29, 1.82) is 0 Å². The minimum atomic E-state index is -0.544. The molecule has 1 amide bonds. The first kappa shape index (κ1) is 13.9. The van der Waals surface area contributed by atoms with E-state index in [0.717, 1.165) is 12.6 Å². The lowest BCUT2D eigenvalue weighted by Crippen LogP contribution is -2.38. The van der Waals surface area contributed by atoms with E-state index in [2.05, 4.69) is 15.6 Å². The van der Waals surface area contributed by atoms with Crippen LogP contribution < -0.4 is 10.6 Å². The number of pyridine rings is 1. The fraction of sp³-hybridized carbons (Fsp3) is 0.455. The summed E-state index contributed by atoms with van der Waals surface area (Å²) in [6, 6.07) is 0.930. The first-order chi connectivity index (χ1) is 8.56. The molecular formula is C11H16N4O3. The van der Waals surface area contributed by atoms with Gasteiger partial charge < -0.3 is 10.6 Å². The second-order valence-electron chi connectivity index (χ2n) is 3.81. The summed E-state index contributed by atoms with van der Waals surface area (Å²) in [5, 5.41) is 16.3. The Kier molecular flexibility index (Phi) is 5.04. The van der Waals surface area contributed by atoms with Crippen LogP contribution in [0.25, 0.3) is 0 Å². The number of anilines is 1. The lowest BCUT2D eigenvalue weighted by atomic mass is 10.2. The molecule has 1 aromatic rings. The number of rotatable bonds is 6. The van der Waals surface area contributed by atoms with Crippen molar-refractivity contribution >= 4 is 17.3 Å². The third kappa shape index (κ3) is 3.69. The first-order valence-electron chi connectivity index (χ1n) is 5.69. The molecule has 7 heteroatoms. The van der Waals surface area contributed by atoms with Crippen LogP contribution in [0.3, 0.4) is 0 Å². The molecule has 0 fully saturated rings. The molecule has 98 valence electrons. The van der Waals surface area contributed by atoms with Gasteiger partial charge in [0.2, 0.25) is 5.91 Å². The fourth-order valence-electron chi connectivity index (χ4n) is 1.35. The zero-order chi connectivity index (χ0) is 13.5. The van der Waals surface area contributed by atoms with Crippen molar-refractivity contribution in [3.8, 4) is 0 Å². The smallest absolute Gasteiger partial charge is 0.310 e. The summed E-state index contributed by atoms with van der Waals surface area (Å²) in [7, 11) is 0. The molecule has 0 aromatic carbocycles. The van der Waals surface area contributed by atoms with Crippen LogP contribution in [0.2, 0.25) is 0 Å². The van der Waals surface area contributed by atoms with Gasteiger partial charge in [-0.25, -0.2) is 0 Å². The van der Waals surface area contributed by atoms with Gasteiger partial charge in [0.15, 0.2) is 0 Å². The summed E-state index contributed by atoms with van der Waals surface area (Å²) >= 11 is 0. The van der Waals surface area contributed by atoms with Crippen LogP contribution in [0.5, 0.6) is 0 Å². The lowest BCUT2D eigenvalue weighted by molar-refractivity contribution is -0.384. The van der Waals surface area contributed by atoms with Gasteiger partial charge in [-0.1, -0.05) is 6.92 Å². The van der Waals surface area contributed by atoms with Crippen LogP contribution in [0, 0.1) is 10.1 Å². The largest absolute Gasteiger partial charge is 0.368 e. The molecule has 0 aliphatic rings. The Morgan fingerprint density at radius 3 is 2.94 bits per heavy atom. The van der Waals surface area contributed by atoms with E-state index in [1.807, 2.05) is 6.92 Å². The third-order valence-corrected chi connectivity index (χ3v) is 2.31. The number of nitro groups is 1. The van der Waals surface area contributed by atoms with Crippen molar-refractivity contribution in [3.63, 3.8) is 0 Å². The molecule has 1 unspecified atom stereocenters. The Balaban J connectivity index is 2.72. The summed E-state index contributed by atoms with van der Waals surface area (Å²) in [6.45, 7) is 4.19. The minimum absolute atomic E-state index is 0.146. The van der Waals surface area contributed by atoms with Gasteiger partial charge in [-0.3, -0.25) is 19.9 Å². The number of carbonyl (C=O) groups excluding carboxylic acids is 1. The molecule has 0 bridgehead atoms. The van der Waals surface area contributed by atoms with E-state index in [9.17, 15) is 14.9 Å². The highest BCUT2D eigenvalue weighted by atomic mass is 16.6. The predicted octanol–water partition coefficient (Wildman–Crippen LogP) is 1.32. The number of aromatic nitrogens is 1. The van der Waals surface area contributed by atoms with E-state index in [1.165, 1.54) is 12.3 Å². The molecule has 1 rings (SSSR count). The van der Waals surface area contributed by atoms with E-state index in [0.29, 0.717) is 6.54 Å². The molecule has 0 aliphatic carbocycles. The average molecular weight is 252 g/mol. The second kappa shape index (κ2) is 6.53. The normalized spacial score (nSPS) is 11.7. The molecule has 7 nitrogen and oxygen atoms in total. The molecular weight excluding hydrogens is 236 g/mol. The highest BCUT2D eigenvalue weighted by Crippen LogP contribution is 2.22. The van der Waals surface area contributed by atoms with Crippen molar-refractivity contribution < 1.29 is 9.72 Å². The van der Waals surface area contributed by atoms with Gasteiger partial charge in [0.05, 0.1) is 4.92 Å². The quantitative estimate of drug-likeness (QED) is 0.587. The van der Waals surface area contributed by atoms with Crippen LogP contribution in [-0.4, -0.2) is 28.4 Å². The monoisotopic (exact) mass is 252 g/mol. The molecule has 0 saturated carbocycles. The number of hydrogen-bond donors (Lipinski definition) is 2. The first-order valence-corrected chi connectivity index (χ1v) is 5.69. The number of nitrogens with one attached hydrogen (secondary N) is 2. The van der Waals surface area contributed by atoms with Crippen LogP contribution in [0.1, 0.15) is 20.3 Å². The van der Waals surface area contributed by atoms with Crippen molar-refractivity contribution in [2.45, 2.75) is 26.3 Å². The lowest BCUT2D eigenvalue weighted by Gasteiger charge is -2.14. The van der Waals surface area contributed by atoms with Gasteiger partial charge in [0.1, 0.15) is 17.9 Å². The zero-order valence-corrected chi connectivity index (χ0v) is 10.3. The van der Waals surface area contributed by atoms with Gasteiger partial charge in [-0.2, -0.15) is 0 Å². The maximum Gasteiger partial charge on any atom is 0.310 e. The third-order valence-electron chi connectivity index (χ3n) is 2.31. The highest BCUT2D eigenvalue weighted by molar-refractivity contribution is 5.84. The molecule has 1 atom stereocenters. The van der Waals surface area contributed by atoms with Crippen LogP contribution >= 0.6 is 0 Å². The Bertz CT molecular complexity index is 436. The molecule has 1 heterocycles. The maximum atomic E-state index is 11.6. The summed E-state index contributed by atoms with van der Waals surface area (Å²) in [5.41, 5.74) is 0.141. The number of carbonyl (C=O) groups is 1. The molecule has 1 aromatic heterocycles. The molecule has 0 saturated heterocycles. The van der Waals surface area contributed by atoms with Gasteiger partial charge in [0, 0.05) is 12.7 Å². The van der Waals surface area contributed by atoms with Crippen molar-refractivity contribution in [2.75, 3.05) is 11.9 Å². The van der Waals surface area contributed by atoms with Crippen molar-refractivity contribution in [3.05, 3.63) is 28.6 Å². The molecule has 0 spiro atoms. The van der Waals surface area contributed by atoms with Gasteiger partial charge in [-0.15, -0.1) is 0 Å². The molecule has 18 heavy (non-hydrogen) atoms. The standard InChI is InChI=1S/C11H16N4O3/c1-3-5-13-11(16)8(2)14-9-4-6-12-7-10(9)15(17)18/h4,6-8H,3,5H2,1-2H3,(H,12,14)(H,13,16). The van der Waals surface area contributed by atoms with Crippen LogP contribution in [-0.2, 0) is 4.79 Å². The Labute approximate surface area is 105 Å². The Morgan fingerprint density at radius 1 is 1.61 bits per heavy atom. The number of hydrogen-bond acceptors (Lipinski definition) is 5. The second-order valence-corrected chi connectivity index (χ2v) is 3.81. The molecule has 2 N–H and O–H groups in total. The molecule has 0 aliphatic heterocycles. The van der Waals surface area contributed by atoms with Gasteiger partial charge >= 0.3 is 5.69 Å². The molecule has 0 radical (unpaired) electrons. The summed E-state index contributed by atoms with van der Waals surface area (Å²) in [4.78, 5) is 25.5. The zero-order valence-electron chi connectivity index (χ0n) is 10.3. The summed E-state index contributed by atoms with van der Waals surface area (Å²) < 4.78 is 0. The predicted molar refractivity (Wildman–Crippen MR) is 67.3 cm³/mol. The van der Waals surface area contributed by atoms with E-state index in [-0.39, 0.29) is 17.3 Å². The maximum absolute atomic E-state index is 11.6. The van der Waals surface area contributed by atoms with Crippen molar-refractivity contribution in [1.82, 2.24) is 10.3 Å². The fourth-order valence-corrected chi connectivity index (χ4v) is 1.35. The Hall–Kier alpha value is -2.18. The van der Waals surface area contributed by atoms with E-state index < -0.39 is 11.0 Å². The summed E-state index contributed by atoms with van der Waals surface area (Å²) in [6.07, 6.45) is 3.43. The SMILES string of the molecule is CCCNC(=O)C(C)Nc1ccncc1[N+](=O)[O-]. The van der Waals surface area contributed by atoms with Gasteiger partial charge in [0.25, 0.3) is 0 Å². The van der Waals surface area contributed by atoms with Crippen LogP contribution in [0.15, 0.2) is 18.5 Å². The van der Waals surface area contributed by atoms with Gasteiger partial charge in [-0.05, 0) is 19.4 Å². The van der Waals surface area contributed by atoms with E-state index in [4.69, 9.17) is 0 Å². The average Bonchev–Trinajstić information content (AvgIpc) is 2.36. The Morgan fingerprint density at radius 2 is 2.33 bits per heavy atom. The highest BCUT2D eigenvalue weighted by Gasteiger charge is 2.18. The summed E-state index contributed by atoms with van der Waals surface area (Å²) in [5.74, 6) is -0.192. The van der Waals surface area contributed by atoms with Crippen LogP contribution in [0.4, 0.5) is 11.4 Å². The van der Waals surface area contributed by atoms with Crippen molar-refractivity contribution in [2.24, 2.45) is 0 Å². The number of amides is 1. The minimum Gasteiger partial charge on any atom is -0.368 e. The van der Waals surface area contributed by atoms with E-state index in [1.54, 1.807) is 6.92 Å². The number of nitrogens with zero attached hydrogens (tertiary/aromatic N) is 2.